The Hall–Kier alpha value is -1.31. The van der Waals surface area contributed by atoms with Crippen LogP contribution in [0.15, 0.2) is 24.3 Å². The van der Waals surface area contributed by atoms with Gasteiger partial charge in [0.15, 0.2) is 0 Å². The Morgan fingerprint density at radius 1 is 0.692 bits per heavy atom. The zero-order chi connectivity index (χ0) is 18.9. The molecule has 1 rings (SSSR count). The Balaban J connectivity index is 1.98. The van der Waals surface area contributed by atoms with Crippen molar-refractivity contribution in [3.63, 3.8) is 0 Å². The van der Waals surface area contributed by atoms with Crippen molar-refractivity contribution in [3.05, 3.63) is 35.4 Å². The highest BCUT2D eigenvalue weighted by atomic mass is 16.5. The molecule has 0 heterocycles. The summed E-state index contributed by atoms with van der Waals surface area (Å²) in [5, 5.41) is 0. The minimum absolute atomic E-state index is 0.181. The lowest BCUT2D eigenvalue weighted by atomic mass is 10.1. The highest BCUT2D eigenvalue weighted by Crippen LogP contribution is 2.12. The smallest absolute Gasteiger partial charge is 0.338 e. The third-order valence-corrected chi connectivity index (χ3v) is 4.99. The van der Waals surface area contributed by atoms with Gasteiger partial charge in [0.25, 0.3) is 0 Å². The summed E-state index contributed by atoms with van der Waals surface area (Å²) in [5.74, 6) is -0.181. The number of carbonyl (C=O) groups excluding carboxylic acids is 1. The van der Waals surface area contributed by atoms with Crippen LogP contribution in [-0.4, -0.2) is 12.6 Å². The van der Waals surface area contributed by atoms with Crippen molar-refractivity contribution in [3.8, 4) is 0 Å². The van der Waals surface area contributed by atoms with Gasteiger partial charge >= 0.3 is 5.97 Å². The first-order chi connectivity index (χ1) is 12.8. The van der Waals surface area contributed by atoms with E-state index in [2.05, 4.69) is 26.0 Å². The van der Waals surface area contributed by atoms with E-state index in [1.54, 1.807) is 0 Å². The first-order valence-electron chi connectivity index (χ1n) is 11.0. The molecule has 0 radical (unpaired) electrons. The van der Waals surface area contributed by atoms with E-state index < -0.39 is 0 Å². The van der Waals surface area contributed by atoms with Crippen LogP contribution in [0, 0.1) is 0 Å². The average Bonchev–Trinajstić information content (AvgIpc) is 2.67. The molecule has 0 unspecified atom stereocenters. The fourth-order valence-corrected chi connectivity index (χ4v) is 3.20. The van der Waals surface area contributed by atoms with Crippen molar-refractivity contribution < 1.29 is 9.53 Å². The van der Waals surface area contributed by atoms with Crippen LogP contribution in [0.1, 0.15) is 113 Å². The van der Waals surface area contributed by atoms with Crippen LogP contribution >= 0.6 is 0 Å². The van der Waals surface area contributed by atoms with E-state index in [9.17, 15) is 4.79 Å². The number of esters is 1. The van der Waals surface area contributed by atoms with E-state index >= 15 is 0 Å². The number of hydrogen-bond donors (Lipinski definition) is 0. The summed E-state index contributed by atoms with van der Waals surface area (Å²) in [5.41, 5.74) is 1.97. The number of aryl methyl sites for hydroxylation is 1. The molecule has 1 aromatic rings. The topological polar surface area (TPSA) is 26.3 Å². The normalized spacial score (nSPS) is 10.8. The summed E-state index contributed by atoms with van der Waals surface area (Å²) in [6.45, 7) is 5.01. The van der Waals surface area contributed by atoms with Crippen LogP contribution < -0.4 is 0 Å². The summed E-state index contributed by atoms with van der Waals surface area (Å²) in [4.78, 5) is 12.0. The molecular weight excluding hydrogens is 320 g/mol. The van der Waals surface area contributed by atoms with Gasteiger partial charge in [0, 0.05) is 0 Å². The van der Waals surface area contributed by atoms with Gasteiger partial charge in [-0.1, -0.05) is 96.6 Å². The minimum Gasteiger partial charge on any atom is -0.462 e. The minimum atomic E-state index is -0.181. The molecule has 0 atom stereocenters. The maximum atomic E-state index is 12.0. The molecular formula is C24H40O2. The zero-order valence-corrected chi connectivity index (χ0v) is 17.2. The fraction of sp³-hybridized carbons (Fsp3) is 0.708. The SMILES string of the molecule is CCCCCCCCCCCCCOC(=O)c1ccc(CCCC)cc1. The highest BCUT2D eigenvalue weighted by molar-refractivity contribution is 5.89. The van der Waals surface area contributed by atoms with Gasteiger partial charge in [-0.15, -0.1) is 0 Å². The molecule has 0 N–H and O–H groups in total. The van der Waals surface area contributed by atoms with E-state index in [-0.39, 0.29) is 5.97 Å². The van der Waals surface area contributed by atoms with Crippen molar-refractivity contribution in [2.75, 3.05) is 6.61 Å². The molecule has 2 heteroatoms. The molecule has 0 fully saturated rings. The lowest BCUT2D eigenvalue weighted by molar-refractivity contribution is 0.0497. The van der Waals surface area contributed by atoms with Crippen LogP contribution in [0.5, 0.6) is 0 Å². The molecule has 0 saturated carbocycles. The summed E-state index contributed by atoms with van der Waals surface area (Å²) in [6.07, 6.45) is 17.9. The van der Waals surface area contributed by atoms with Crippen molar-refractivity contribution in [2.24, 2.45) is 0 Å². The molecule has 0 amide bonds. The van der Waals surface area contributed by atoms with Crippen LogP contribution in [0.4, 0.5) is 0 Å². The van der Waals surface area contributed by atoms with Gasteiger partial charge in [0.1, 0.15) is 0 Å². The third kappa shape index (κ3) is 11.3. The number of rotatable bonds is 16. The number of hydrogen-bond acceptors (Lipinski definition) is 2. The number of ether oxygens (including phenoxy) is 1. The molecule has 0 bridgehead atoms. The quantitative estimate of drug-likeness (QED) is 0.225. The predicted octanol–water partition coefficient (Wildman–Crippen LogP) is 7.50. The van der Waals surface area contributed by atoms with Crippen molar-refractivity contribution in [1.29, 1.82) is 0 Å². The van der Waals surface area contributed by atoms with Crippen molar-refractivity contribution in [2.45, 2.75) is 104 Å². The Morgan fingerprint density at radius 2 is 1.19 bits per heavy atom. The standard InChI is InChI=1S/C24H40O2/c1-3-5-7-8-9-10-11-12-13-14-15-21-26-24(25)23-19-17-22(18-20-23)16-6-4-2/h17-20H,3-16,21H2,1-2H3. The van der Waals surface area contributed by atoms with Gasteiger partial charge in [-0.3, -0.25) is 0 Å². The second-order valence-electron chi connectivity index (χ2n) is 7.47. The molecule has 0 saturated heterocycles. The van der Waals surface area contributed by atoms with Gasteiger partial charge in [-0.05, 0) is 37.0 Å². The second kappa shape index (κ2) is 15.9. The van der Waals surface area contributed by atoms with Gasteiger partial charge < -0.3 is 4.74 Å². The van der Waals surface area contributed by atoms with E-state index in [0.29, 0.717) is 12.2 Å². The Bertz CT molecular complexity index is 450. The Labute approximate surface area is 161 Å². The molecule has 1 aromatic carbocycles. The third-order valence-electron chi connectivity index (χ3n) is 4.99. The van der Waals surface area contributed by atoms with E-state index in [1.165, 1.54) is 82.6 Å². The number of benzene rings is 1. The lowest BCUT2D eigenvalue weighted by Crippen LogP contribution is -2.06. The van der Waals surface area contributed by atoms with Crippen molar-refractivity contribution in [1.82, 2.24) is 0 Å². The maximum absolute atomic E-state index is 12.0. The molecule has 0 aliphatic heterocycles. The summed E-state index contributed by atoms with van der Waals surface area (Å²) >= 11 is 0. The first kappa shape index (κ1) is 22.7. The van der Waals surface area contributed by atoms with E-state index in [4.69, 9.17) is 4.74 Å². The summed E-state index contributed by atoms with van der Waals surface area (Å²) in [7, 11) is 0. The van der Waals surface area contributed by atoms with Gasteiger partial charge in [0.2, 0.25) is 0 Å². The molecule has 0 aliphatic carbocycles. The highest BCUT2D eigenvalue weighted by Gasteiger charge is 2.06. The number of carbonyl (C=O) groups is 1. The van der Waals surface area contributed by atoms with Crippen LogP contribution in [0.25, 0.3) is 0 Å². The molecule has 148 valence electrons. The van der Waals surface area contributed by atoms with Crippen LogP contribution in [0.2, 0.25) is 0 Å². The second-order valence-corrected chi connectivity index (χ2v) is 7.47. The Morgan fingerprint density at radius 3 is 1.73 bits per heavy atom. The Kier molecular flexibility index (Phi) is 13.9. The van der Waals surface area contributed by atoms with Gasteiger partial charge in [0.05, 0.1) is 12.2 Å². The first-order valence-corrected chi connectivity index (χ1v) is 11.0. The average molecular weight is 361 g/mol. The lowest BCUT2D eigenvalue weighted by Gasteiger charge is -2.06. The maximum Gasteiger partial charge on any atom is 0.338 e. The van der Waals surface area contributed by atoms with Crippen LogP contribution in [-0.2, 0) is 11.2 Å². The van der Waals surface area contributed by atoms with Gasteiger partial charge in [-0.2, -0.15) is 0 Å². The molecule has 0 spiro atoms. The van der Waals surface area contributed by atoms with Crippen LogP contribution in [0.3, 0.4) is 0 Å². The molecule has 2 nitrogen and oxygen atoms in total. The summed E-state index contributed by atoms with van der Waals surface area (Å²) < 4.78 is 5.39. The molecule has 0 aromatic heterocycles. The van der Waals surface area contributed by atoms with Gasteiger partial charge in [-0.25, -0.2) is 4.79 Å². The predicted molar refractivity (Wildman–Crippen MR) is 112 cm³/mol. The fourth-order valence-electron chi connectivity index (χ4n) is 3.20. The van der Waals surface area contributed by atoms with Crippen molar-refractivity contribution >= 4 is 5.97 Å². The number of unbranched alkanes of at least 4 members (excludes halogenated alkanes) is 11. The van der Waals surface area contributed by atoms with E-state index in [1.807, 2.05) is 12.1 Å². The zero-order valence-electron chi connectivity index (χ0n) is 17.2. The van der Waals surface area contributed by atoms with E-state index in [0.717, 1.165) is 12.8 Å². The largest absolute Gasteiger partial charge is 0.462 e. The molecule has 0 aliphatic rings. The monoisotopic (exact) mass is 360 g/mol. The summed E-state index contributed by atoms with van der Waals surface area (Å²) in [6, 6.07) is 7.89. The molecule has 26 heavy (non-hydrogen) atoms.